The monoisotopic (exact) mass is 466 g/mol. The summed E-state index contributed by atoms with van der Waals surface area (Å²) >= 11 is 1.42. The van der Waals surface area contributed by atoms with E-state index >= 15 is 0 Å². The van der Waals surface area contributed by atoms with Crippen molar-refractivity contribution in [2.75, 3.05) is 19.7 Å². The van der Waals surface area contributed by atoms with Crippen molar-refractivity contribution < 1.29 is 14.3 Å². The molecule has 0 spiro atoms. The van der Waals surface area contributed by atoms with Crippen molar-refractivity contribution in [3.05, 3.63) is 41.2 Å². The van der Waals surface area contributed by atoms with E-state index in [1.54, 1.807) is 16.8 Å². The molecule has 9 nitrogen and oxygen atoms in total. The van der Waals surface area contributed by atoms with Gasteiger partial charge in [-0.1, -0.05) is 11.3 Å². The number of nitriles is 1. The van der Waals surface area contributed by atoms with E-state index in [0.717, 1.165) is 36.3 Å². The second-order valence-electron chi connectivity index (χ2n) is 8.01. The fourth-order valence-electron chi connectivity index (χ4n) is 3.68. The van der Waals surface area contributed by atoms with E-state index in [1.165, 1.54) is 11.3 Å². The molecule has 0 saturated carbocycles. The number of hydrogen-bond acceptors (Lipinski definition) is 9. The number of rotatable bonds is 8. The third kappa shape index (κ3) is 5.38. The fourth-order valence-corrected chi connectivity index (χ4v) is 4.44. The van der Waals surface area contributed by atoms with Crippen LogP contribution in [-0.2, 0) is 22.5 Å². The number of aromatic nitrogens is 4. The molecule has 1 aromatic carbocycles. The number of ether oxygens (including phenoxy) is 2. The molecule has 0 aliphatic carbocycles. The smallest absolute Gasteiger partial charge is 0.307 e. The lowest BCUT2D eigenvalue weighted by Gasteiger charge is -2.25. The molecule has 0 saturated heterocycles. The molecule has 4 rings (SSSR count). The quantitative estimate of drug-likeness (QED) is 0.465. The van der Waals surface area contributed by atoms with Crippen molar-refractivity contribution in [1.82, 2.24) is 24.9 Å². The first-order valence-corrected chi connectivity index (χ1v) is 11.8. The van der Waals surface area contributed by atoms with Gasteiger partial charge >= 0.3 is 5.97 Å². The van der Waals surface area contributed by atoms with Crippen molar-refractivity contribution in [3.63, 3.8) is 0 Å². The molecule has 0 amide bonds. The lowest BCUT2D eigenvalue weighted by Crippen LogP contribution is -2.32. The van der Waals surface area contributed by atoms with Crippen LogP contribution in [0, 0.1) is 11.3 Å². The molecular weight excluding hydrogens is 440 g/mol. The summed E-state index contributed by atoms with van der Waals surface area (Å²) < 4.78 is 12.5. The molecule has 0 unspecified atom stereocenters. The molecule has 33 heavy (non-hydrogen) atoms. The predicted octanol–water partition coefficient (Wildman–Crippen LogP) is 3.36. The SMILES string of the molecule is CCOC(=O)CCN1CCc2nn(-c3nnc(-c4ccc(OC(C)C)c(C#N)c4)s3)cc2C1. The van der Waals surface area contributed by atoms with Crippen LogP contribution >= 0.6 is 11.3 Å². The van der Waals surface area contributed by atoms with E-state index in [0.29, 0.717) is 41.0 Å². The predicted molar refractivity (Wildman–Crippen MR) is 123 cm³/mol. The van der Waals surface area contributed by atoms with E-state index in [9.17, 15) is 10.1 Å². The van der Waals surface area contributed by atoms with E-state index < -0.39 is 0 Å². The molecule has 0 fully saturated rings. The maximum atomic E-state index is 11.6. The minimum Gasteiger partial charge on any atom is -0.490 e. The number of nitrogens with zero attached hydrogens (tertiary/aromatic N) is 6. The normalized spacial score (nSPS) is 13.5. The van der Waals surface area contributed by atoms with Gasteiger partial charge in [0.25, 0.3) is 0 Å². The van der Waals surface area contributed by atoms with Gasteiger partial charge < -0.3 is 9.47 Å². The molecule has 172 valence electrons. The van der Waals surface area contributed by atoms with Crippen LogP contribution in [-0.4, -0.2) is 56.6 Å². The van der Waals surface area contributed by atoms with Gasteiger partial charge in [0.05, 0.1) is 30.4 Å². The number of esters is 1. The summed E-state index contributed by atoms with van der Waals surface area (Å²) in [6.45, 7) is 8.34. The summed E-state index contributed by atoms with van der Waals surface area (Å²) in [4.78, 5) is 13.9. The van der Waals surface area contributed by atoms with Gasteiger partial charge in [-0.3, -0.25) is 9.69 Å². The van der Waals surface area contributed by atoms with Crippen molar-refractivity contribution in [2.45, 2.75) is 46.3 Å². The molecule has 3 aromatic rings. The van der Waals surface area contributed by atoms with Gasteiger partial charge in [-0.05, 0) is 39.0 Å². The first kappa shape index (κ1) is 22.9. The molecule has 0 radical (unpaired) electrons. The average Bonchev–Trinajstić information content (AvgIpc) is 3.44. The summed E-state index contributed by atoms with van der Waals surface area (Å²) in [7, 11) is 0. The van der Waals surface area contributed by atoms with E-state index in [-0.39, 0.29) is 12.1 Å². The number of benzene rings is 1. The van der Waals surface area contributed by atoms with Gasteiger partial charge in [-0.25, -0.2) is 4.68 Å². The largest absolute Gasteiger partial charge is 0.490 e. The fraction of sp³-hybridized carbons (Fsp3) is 0.435. The summed E-state index contributed by atoms with van der Waals surface area (Å²) in [5.74, 6) is 0.400. The third-order valence-corrected chi connectivity index (χ3v) is 6.16. The highest BCUT2D eigenvalue weighted by atomic mass is 32.1. The minimum absolute atomic E-state index is 0.0111. The Morgan fingerprint density at radius 3 is 2.94 bits per heavy atom. The van der Waals surface area contributed by atoms with Gasteiger partial charge in [0.1, 0.15) is 16.8 Å². The molecule has 10 heteroatoms. The Balaban J connectivity index is 1.47. The van der Waals surface area contributed by atoms with E-state index in [2.05, 4.69) is 21.2 Å². The molecule has 1 aliphatic heterocycles. The number of carbonyl (C=O) groups is 1. The van der Waals surface area contributed by atoms with Crippen LogP contribution in [0.3, 0.4) is 0 Å². The van der Waals surface area contributed by atoms with Gasteiger partial charge in [0, 0.05) is 43.4 Å². The van der Waals surface area contributed by atoms with Crippen molar-refractivity contribution in [1.29, 1.82) is 5.26 Å². The Morgan fingerprint density at radius 2 is 2.18 bits per heavy atom. The Morgan fingerprint density at radius 1 is 1.33 bits per heavy atom. The molecule has 0 atom stereocenters. The lowest BCUT2D eigenvalue weighted by molar-refractivity contribution is -0.143. The van der Waals surface area contributed by atoms with Crippen LogP contribution in [0.1, 0.15) is 44.0 Å². The van der Waals surface area contributed by atoms with Crippen LogP contribution in [0.2, 0.25) is 0 Å². The van der Waals surface area contributed by atoms with Crippen LogP contribution in [0.25, 0.3) is 15.7 Å². The Labute approximate surface area is 196 Å². The van der Waals surface area contributed by atoms with Crippen LogP contribution in [0.15, 0.2) is 24.4 Å². The molecule has 2 aromatic heterocycles. The van der Waals surface area contributed by atoms with Crippen LogP contribution in [0.5, 0.6) is 5.75 Å². The van der Waals surface area contributed by atoms with Crippen molar-refractivity contribution >= 4 is 17.3 Å². The summed E-state index contributed by atoms with van der Waals surface area (Å²) in [6.07, 6.45) is 3.18. The highest BCUT2D eigenvalue weighted by Gasteiger charge is 2.22. The lowest BCUT2D eigenvalue weighted by atomic mass is 10.1. The highest BCUT2D eigenvalue weighted by molar-refractivity contribution is 7.17. The van der Waals surface area contributed by atoms with Gasteiger partial charge in [-0.15, -0.1) is 10.2 Å². The van der Waals surface area contributed by atoms with E-state index in [1.807, 2.05) is 33.0 Å². The zero-order valence-corrected chi connectivity index (χ0v) is 19.8. The summed E-state index contributed by atoms with van der Waals surface area (Å²) in [5, 5.41) is 24.2. The van der Waals surface area contributed by atoms with Crippen molar-refractivity contribution in [2.24, 2.45) is 0 Å². The maximum Gasteiger partial charge on any atom is 0.307 e. The van der Waals surface area contributed by atoms with Gasteiger partial charge in [-0.2, -0.15) is 10.4 Å². The standard InChI is InChI=1S/C23H26N6O3S/c1-4-31-21(30)8-10-28-9-7-19-18(13-28)14-29(27-19)23-26-25-22(33-23)16-5-6-20(32-15(2)3)17(11-16)12-24/h5-6,11,14-15H,4,7-10,13H2,1-3H3. The Bertz CT molecular complexity index is 1180. The zero-order chi connectivity index (χ0) is 23.4. The topological polar surface area (TPSA) is 106 Å². The Hall–Kier alpha value is -3.29. The first-order valence-electron chi connectivity index (χ1n) is 11.0. The summed E-state index contributed by atoms with van der Waals surface area (Å²) in [6, 6.07) is 7.65. The van der Waals surface area contributed by atoms with E-state index in [4.69, 9.17) is 14.6 Å². The van der Waals surface area contributed by atoms with Crippen LogP contribution < -0.4 is 4.74 Å². The Kier molecular flexibility index (Phi) is 7.01. The molecule has 3 heterocycles. The second-order valence-corrected chi connectivity index (χ2v) is 8.96. The maximum absolute atomic E-state index is 11.6. The van der Waals surface area contributed by atoms with Crippen molar-refractivity contribution in [3.8, 4) is 27.5 Å². The number of carbonyl (C=O) groups excluding carboxylic acids is 1. The molecule has 0 bridgehead atoms. The van der Waals surface area contributed by atoms with Gasteiger partial charge in [0.2, 0.25) is 5.13 Å². The van der Waals surface area contributed by atoms with Gasteiger partial charge in [0.15, 0.2) is 0 Å². The second kappa shape index (κ2) is 10.1. The molecular formula is C23H26N6O3S. The highest BCUT2D eigenvalue weighted by Crippen LogP contribution is 2.30. The minimum atomic E-state index is -0.163. The number of hydrogen-bond donors (Lipinski definition) is 0. The molecule has 0 N–H and O–H groups in total. The zero-order valence-electron chi connectivity index (χ0n) is 18.9. The number of fused-ring (bicyclic) bond motifs is 1. The average molecular weight is 467 g/mol. The first-order chi connectivity index (χ1) is 16.0. The van der Waals surface area contributed by atoms with Crippen LogP contribution in [0.4, 0.5) is 0 Å². The molecule has 1 aliphatic rings. The third-order valence-electron chi connectivity index (χ3n) is 5.19. The summed E-state index contributed by atoms with van der Waals surface area (Å²) in [5.41, 5.74) is 3.45.